The first-order chi connectivity index (χ1) is 8.66. The Bertz CT molecular complexity index is 345. The van der Waals surface area contributed by atoms with Crippen LogP contribution in [0.4, 0.5) is 0 Å². The zero-order chi connectivity index (χ0) is 13.0. The Morgan fingerprint density at radius 1 is 1.61 bits per heavy atom. The van der Waals surface area contributed by atoms with Crippen molar-refractivity contribution >= 4 is 11.3 Å². The van der Waals surface area contributed by atoms with E-state index < -0.39 is 0 Å². The highest BCUT2D eigenvalue weighted by Gasteiger charge is 2.41. The second-order valence-corrected chi connectivity index (χ2v) is 6.53. The van der Waals surface area contributed by atoms with Gasteiger partial charge in [0.1, 0.15) is 0 Å². The molecule has 1 fully saturated rings. The van der Waals surface area contributed by atoms with E-state index >= 15 is 0 Å². The molecule has 1 heterocycles. The molecule has 0 saturated heterocycles. The number of rotatable bonds is 5. The zero-order valence-electron chi connectivity index (χ0n) is 11.4. The van der Waals surface area contributed by atoms with Crippen molar-refractivity contribution in [2.24, 2.45) is 5.92 Å². The normalized spacial score (nSPS) is 30.3. The maximum absolute atomic E-state index is 10.6. The van der Waals surface area contributed by atoms with Crippen molar-refractivity contribution in [2.75, 3.05) is 6.61 Å². The topological polar surface area (TPSA) is 29.5 Å². The van der Waals surface area contributed by atoms with E-state index in [2.05, 4.69) is 18.4 Å². The van der Waals surface area contributed by atoms with E-state index in [0.29, 0.717) is 12.5 Å². The van der Waals surface area contributed by atoms with Crippen LogP contribution >= 0.6 is 11.3 Å². The average Bonchev–Trinajstić information content (AvgIpc) is 2.82. The first-order valence-electron chi connectivity index (χ1n) is 7.00. The Balaban J connectivity index is 2.08. The van der Waals surface area contributed by atoms with E-state index in [-0.39, 0.29) is 11.7 Å². The first kappa shape index (κ1) is 14.0. The Morgan fingerprint density at radius 2 is 2.44 bits per heavy atom. The summed E-state index contributed by atoms with van der Waals surface area (Å²) in [7, 11) is 0. The lowest BCUT2D eigenvalue weighted by Gasteiger charge is -2.43. The maximum atomic E-state index is 10.6. The highest BCUT2D eigenvalue weighted by molar-refractivity contribution is 7.09. The Kier molecular flexibility index (Phi) is 4.82. The van der Waals surface area contributed by atoms with E-state index in [1.165, 1.54) is 17.7 Å². The fourth-order valence-corrected chi connectivity index (χ4v) is 3.91. The Morgan fingerprint density at radius 3 is 3.06 bits per heavy atom. The summed E-state index contributed by atoms with van der Waals surface area (Å²) in [5.41, 5.74) is -0.309. The van der Waals surface area contributed by atoms with Crippen molar-refractivity contribution in [3.8, 4) is 0 Å². The van der Waals surface area contributed by atoms with Gasteiger partial charge in [-0.15, -0.1) is 11.3 Å². The molecule has 0 amide bonds. The quantitative estimate of drug-likeness (QED) is 0.883. The summed E-state index contributed by atoms with van der Waals surface area (Å²) in [6.45, 7) is 4.98. The molecular weight excluding hydrogens is 244 g/mol. The molecule has 1 aliphatic rings. The minimum Gasteiger partial charge on any atom is -0.390 e. The van der Waals surface area contributed by atoms with E-state index in [1.54, 1.807) is 11.3 Å². The number of aliphatic hydroxyl groups is 1. The summed E-state index contributed by atoms with van der Waals surface area (Å²) >= 11 is 1.72. The largest absolute Gasteiger partial charge is 0.390 e. The fourth-order valence-electron chi connectivity index (χ4n) is 3.17. The van der Waals surface area contributed by atoms with Gasteiger partial charge in [0.05, 0.1) is 11.7 Å². The summed E-state index contributed by atoms with van der Waals surface area (Å²) in [6.07, 6.45) is 4.78. The van der Waals surface area contributed by atoms with E-state index in [4.69, 9.17) is 4.74 Å². The lowest BCUT2D eigenvalue weighted by molar-refractivity contribution is -0.146. The third-order valence-corrected chi connectivity index (χ3v) is 4.90. The van der Waals surface area contributed by atoms with Gasteiger partial charge in [0, 0.05) is 17.9 Å². The minimum absolute atomic E-state index is 0.309. The van der Waals surface area contributed by atoms with Crippen LogP contribution in [0.25, 0.3) is 0 Å². The van der Waals surface area contributed by atoms with Crippen LogP contribution in [-0.2, 0) is 11.2 Å². The number of aliphatic hydroxyl groups excluding tert-OH is 1. The molecule has 1 aromatic rings. The molecule has 0 spiro atoms. The molecule has 0 aromatic carbocycles. The SMILES string of the molecule is CCOC1(C(O)Cc2cccs2)CCCC(C)C1. The molecule has 2 rings (SSSR count). The minimum atomic E-state index is -0.376. The van der Waals surface area contributed by atoms with Gasteiger partial charge < -0.3 is 9.84 Å². The second-order valence-electron chi connectivity index (χ2n) is 5.50. The number of hydrogen-bond donors (Lipinski definition) is 1. The number of thiophene rings is 1. The van der Waals surface area contributed by atoms with Gasteiger partial charge in [-0.1, -0.05) is 25.8 Å². The van der Waals surface area contributed by atoms with Gasteiger partial charge in [0.15, 0.2) is 0 Å². The van der Waals surface area contributed by atoms with Crippen molar-refractivity contribution in [2.45, 2.75) is 57.7 Å². The van der Waals surface area contributed by atoms with Gasteiger partial charge >= 0.3 is 0 Å². The Labute approximate surface area is 114 Å². The van der Waals surface area contributed by atoms with Gasteiger partial charge in [-0.05, 0) is 37.1 Å². The highest BCUT2D eigenvalue weighted by atomic mass is 32.1. The molecule has 102 valence electrons. The molecule has 3 heteroatoms. The highest BCUT2D eigenvalue weighted by Crippen LogP contribution is 2.39. The summed E-state index contributed by atoms with van der Waals surface area (Å²) in [6, 6.07) is 4.14. The zero-order valence-corrected chi connectivity index (χ0v) is 12.2. The van der Waals surface area contributed by atoms with Crippen LogP contribution in [0.2, 0.25) is 0 Å². The molecule has 0 bridgehead atoms. The molecule has 0 aliphatic heterocycles. The molecule has 1 aromatic heterocycles. The molecule has 1 N–H and O–H groups in total. The van der Waals surface area contributed by atoms with Crippen molar-refractivity contribution in [1.82, 2.24) is 0 Å². The van der Waals surface area contributed by atoms with Crippen molar-refractivity contribution in [3.63, 3.8) is 0 Å². The van der Waals surface area contributed by atoms with Gasteiger partial charge in [-0.2, -0.15) is 0 Å². The number of hydrogen-bond acceptors (Lipinski definition) is 3. The standard InChI is InChI=1S/C15H24O2S/c1-3-17-15(8-4-6-12(2)11-15)14(16)10-13-7-5-9-18-13/h5,7,9,12,14,16H,3-4,6,8,10-11H2,1-2H3. The molecule has 0 radical (unpaired) electrons. The van der Waals surface area contributed by atoms with Crippen molar-refractivity contribution < 1.29 is 9.84 Å². The second kappa shape index (κ2) is 6.18. The van der Waals surface area contributed by atoms with Crippen molar-refractivity contribution in [3.05, 3.63) is 22.4 Å². The third kappa shape index (κ3) is 3.14. The van der Waals surface area contributed by atoms with Crippen LogP contribution in [0.15, 0.2) is 17.5 Å². The van der Waals surface area contributed by atoms with Gasteiger partial charge in [-0.3, -0.25) is 0 Å². The van der Waals surface area contributed by atoms with Gasteiger partial charge in [0.25, 0.3) is 0 Å². The lowest BCUT2D eigenvalue weighted by Crippen LogP contribution is -2.49. The van der Waals surface area contributed by atoms with E-state index in [0.717, 1.165) is 19.3 Å². The molecule has 3 atom stereocenters. The summed E-state index contributed by atoms with van der Waals surface area (Å²) in [5.74, 6) is 0.656. The molecule has 1 aliphatic carbocycles. The summed E-state index contributed by atoms with van der Waals surface area (Å²) < 4.78 is 6.01. The lowest BCUT2D eigenvalue weighted by atomic mass is 9.74. The molecular formula is C15H24O2S. The number of ether oxygens (including phenoxy) is 1. The van der Waals surface area contributed by atoms with E-state index in [9.17, 15) is 5.11 Å². The van der Waals surface area contributed by atoms with Crippen LogP contribution in [0.3, 0.4) is 0 Å². The Hall–Kier alpha value is -0.380. The van der Waals surface area contributed by atoms with Gasteiger partial charge in [-0.25, -0.2) is 0 Å². The third-order valence-electron chi connectivity index (χ3n) is 4.00. The molecule has 3 unspecified atom stereocenters. The summed E-state index contributed by atoms with van der Waals surface area (Å²) in [5, 5.41) is 12.7. The monoisotopic (exact) mass is 268 g/mol. The first-order valence-corrected chi connectivity index (χ1v) is 7.88. The summed E-state index contributed by atoms with van der Waals surface area (Å²) in [4.78, 5) is 1.25. The predicted octanol–water partition coefficient (Wildman–Crippen LogP) is 3.64. The van der Waals surface area contributed by atoms with Crippen LogP contribution < -0.4 is 0 Å². The fraction of sp³-hybridized carbons (Fsp3) is 0.733. The van der Waals surface area contributed by atoms with Crippen LogP contribution in [0.5, 0.6) is 0 Å². The van der Waals surface area contributed by atoms with Crippen LogP contribution in [0.1, 0.15) is 44.4 Å². The predicted molar refractivity (Wildman–Crippen MR) is 76.0 cm³/mol. The van der Waals surface area contributed by atoms with Gasteiger partial charge in [0.2, 0.25) is 0 Å². The molecule has 18 heavy (non-hydrogen) atoms. The van der Waals surface area contributed by atoms with Crippen LogP contribution in [0, 0.1) is 5.92 Å². The smallest absolute Gasteiger partial charge is 0.0946 e. The molecule has 1 saturated carbocycles. The van der Waals surface area contributed by atoms with E-state index in [1.807, 2.05) is 13.0 Å². The average molecular weight is 268 g/mol. The van der Waals surface area contributed by atoms with Crippen molar-refractivity contribution in [1.29, 1.82) is 0 Å². The van der Waals surface area contributed by atoms with Crippen LogP contribution in [-0.4, -0.2) is 23.4 Å². The molecule has 2 nitrogen and oxygen atoms in total. The maximum Gasteiger partial charge on any atom is 0.0946 e.